The van der Waals surface area contributed by atoms with E-state index in [4.69, 9.17) is 23.7 Å². The zero-order valence-corrected chi connectivity index (χ0v) is 43.6. The Labute approximate surface area is 434 Å². The molecule has 4 fully saturated rings. The number of H-pyrrole nitrogens is 1. The highest BCUT2D eigenvalue weighted by atomic mass is 32.2. The Morgan fingerprint density at radius 1 is 0.946 bits per heavy atom. The molecule has 1 atom stereocenters. The first-order valence-corrected chi connectivity index (χ1v) is 28.0. The van der Waals surface area contributed by atoms with Gasteiger partial charge in [0.25, 0.3) is 15.9 Å². The zero-order valence-electron chi connectivity index (χ0n) is 42.7. The molecule has 4 aliphatic heterocycles. The first kappa shape index (κ1) is 49.9. The molecule has 1 spiro atoms. The number of hydrogen-bond donors (Lipinski definition) is 4. The number of aromatic hydroxyl groups is 1. The molecule has 1 amide bonds. The molecule has 5 aromatic rings. The fourth-order valence-electron chi connectivity index (χ4n) is 12.2. The molecule has 0 unspecified atom stereocenters. The molecule has 4 N–H and O–H groups in total. The Bertz CT molecular complexity index is 3020. The normalized spacial score (nSPS) is 20.8. The summed E-state index contributed by atoms with van der Waals surface area (Å²) in [6.07, 6.45) is 16.5. The Morgan fingerprint density at radius 3 is 2.50 bits per heavy atom. The number of nitrogens with zero attached hydrogens (tertiary/aromatic N) is 4. The number of piperazine rings is 1. The van der Waals surface area contributed by atoms with Crippen LogP contribution >= 0.6 is 0 Å². The lowest BCUT2D eigenvalue weighted by Gasteiger charge is -2.58. The second kappa shape index (κ2) is 21.2. The standard InChI is InChI=1S/C57H69N7O9S/c1-37(2)45-6-4-5-7-46(45)48-36-62(35-39-8-11-43(69-3)12-9-39)22-23-64(48)42-31-57(32-42)17-20-63(21-18-57)41-10-13-47(50(29-41)73-44-28-40-14-19-58-55(40)60-34-44)56(66)61-74(67,68)51-30-49(65)52(54-53(51)71-26-27-72-54)59-33-38-15-24-70-25-16-38/h4,6,8-14,19,28-30,34,37-38,42,48,59,65H,5,7,15-18,20-27,31-33,35-36H2,1-3H3,(H,58,60)(H,61,66)/t48-/m0/s1. The van der Waals surface area contributed by atoms with Gasteiger partial charge < -0.3 is 44.0 Å². The molecule has 16 nitrogen and oxygen atoms in total. The predicted molar refractivity (Wildman–Crippen MR) is 284 cm³/mol. The van der Waals surface area contributed by atoms with Crippen LogP contribution in [-0.4, -0.2) is 124 Å². The van der Waals surface area contributed by atoms with Crippen molar-refractivity contribution in [3.63, 3.8) is 0 Å². The third kappa shape index (κ3) is 10.4. The molecule has 1 saturated carbocycles. The van der Waals surface area contributed by atoms with E-state index in [1.807, 2.05) is 24.3 Å². The van der Waals surface area contributed by atoms with E-state index in [-0.39, 0.29) is 52.9 Å². The average molecular weight is 1030 g/mol. The molecule has 2 aliphatic carbocycles. The molecule has 17 heteroatoms. The van der Waals surface area contributed by atoms with E-state index in [1.165, 1.54) is 24.0 Å². The fourth-order valence-corrected chi connectivity index (χ4v) is 13.4. The first-order chi connectivity index (χ1) is 35.9. The summed E-state index contributed by atoms with van der Waals surface area (Å²) in [7, 11) is -2.91. The summed E-state index contributed by atoms with van der Waals surface area (Å²) in [5.74, 6) is 0.985. The molecule has 74 heavy (non-hydrogen) atoms. The van der Waals surface area contributed by atoms with Crippen LogP contribution in [0.5, 0.6) is 34.5 Å². The molecular formula is C57H69N7O9S. The number of aromatic amines is 1. The van der Waals surface area contributed by atoms with E-state index >= 15 is 0 Å². The summed E-state index contributed by atoms with van der Waals surface area (Å²) in [5, 5.41) is 15.3. The van der Waals surface area contributed by atoms with E-state index < -0.39 is 20.8 Å². The monoisotopic (exact) mass is 1030 g/mol. The van der Waals surface area contributed by atoms with Gasteiger partial charge in [0.2, 0.25) is 0 Å². The van der Waals surface area contributed by atoms with Gasteiger partial charge in [-0.05, 0) is 122 Å². The number of amides is 1. The second-order valence-corrected chi connectivity index (χ2v) is 23.0. The summed E-state index contributed by atoms with van der Waals surface area (Å²) < 4.78 is 59.9. The van der Waals surface area contributed by atoms with Crippen LogP contribution in [0, 0.1) is 17.3 Å². The lowest BCUT2D eigenvalue weighted by atomic mass is 9.59. The number of rotatable bonds is 15. The van der Waals surface area contributed by atoms with Crippen LogP contribution in [0.4, 0.5) is 11.4 Å². The third-order valence-electron chi connectivity index (χ3n) is 16.3. The molecule has 0 radical (unpaired) electrons. The molecule has 11 rings (SSSR count). The van der Waals surface area contributed by atoms with Gasteiger partial charge in [-0.1, -0.05) is 38.1 Å². The summed E-state index contributed by atoms with van der Waals surface area (Å²) in [5.41, 5.74) is 6.52. The van der Waals surface area contributed by atoms with Crippen LogP contribution in [0.2, 0.25) is 0 Å². The Balaban J connectivity index is 0.797. The highest BCUT2D eigenvalue weighted by Gasteiger charge is 2.50. The number of carbonyl (C=O) groups is 1. The van der Waals surface area contributed by atoms with Crippen LogP contribution < -0.4 is 33.9 Å². The van der Waals surface area contributed by atoms with Crippen molar-refractivity contribution in [2.45, 2.75) is 88.7 Å². The first-order valence-electron chi connectivity index (χ1n) is 26.5. The van der Waals surface area contributed by atoms with E-state index in [2.05, 4.69) is 85.0 Å². The van der Waals surface area contributed by atoms with Crippen molar-refractivity contribution in [2.24, 2.45) is 17.3 Å². The number of nitrogens with one attached hydrogen (secondary N) is 3. The lowest BCUT2D eigenvalue weighted by molar-refractivity contribution is -0.0543. The molecule has 6 heterocycles. The smallest absolute Gasteiger partial charge is 0.268 e. The molecule has 3 saturated heterocycles. The van der Waals surface area contributed by atoms with Gasteiger partial charge >= 0.3 is 0 Å². The number of allylic oxidation sites excluding steroid dienone is 3. The number of methoxy groups -OCH3 is 1. The van der Waals surface area contributed by atoms with Crippen LogP contribution in [0.3, 0.4) is 0 Å². The van der Waals surface area contributed by atoms with Crippen molar-refractivity contribution < 1.29 is 42.0 Å². The topological polar surface area (TPSA) is 180 Å². The van der Waals surface area contributed by atoms with E-state index in [1.54, 1.807) is 31.1 Å². The largest absolute Gasteiger partial charge is 0.506 e. The fraction of sp³-hybridized carbons (Fsp3) is 0.474. The number of hydrogen-bond acceptors (Lipinski definition) is 14. The van der Waals surface area contributed by atoms with Crippen molar-refractivity contribution >= 4 is 38.3 Å². The van der Waals surface area contributed by atoms with Crippen LogP contribution in [0.15, 0.2) is 101 Å². The Hall–Kier alpha value is -6.27. The summed E-state index contributed by atoms with van der Waals surface area (Å²) in [6.45, 7) is 12.5. The Morgan fingerprint density at radius 2 is 1.73 bits per heavy atom. The molecule has 2 aromatic heterocycles. The predicted octanol–water partition coefficient (Wildman–Crippen LogP) is 9.04. The third-order valence-corrected chi connectivity index (χ3v) is 17.7. The van der Waals surface area contributed by atoms with Crippen molar-refractivity contribution in [2.75, 3.05) is 83.0 Å². The number of benzene rings is 3. The number of sulfonamides is 1. The molecule has 3 aromatic carbocycles. The maximum atomic E-state index is 14.3. The van der Waals surface area contributed by atoms with E-state index in [0.29, 0.717) is 55.1 Å². The van der Waals surface area contributed by atoms with Gasteiger partial charge in [-0.2, -0.15) is 0 Å². The number of carbonyl (C=O) groups excluding carboxylic acids is 1. The molecule has 392 valence electrons. The van der Waals surface area contributed by atoms with Gasteiger partial charge in [-0.15, -0.1) is 0 Å². The van der Waals surface area contributed by atoms with Gasteiger partial charge in [0.1, 0.15) is 52.4 Å². The summed E-state index contributed by atoms with van der Waals surface area (Å²) in [6, 6.07) is 19.5. The van der Waals surface area contributed by atoms with Crippen LogP contribution in [-0.2, 0) is 21.3 Å². The highest BCUT2D eigenvalue weighted by molar-refractivity contribution is 7.90. The van der Waals surface area contributed by atoms with Gasteiger partial charge in [0.05, 0.1) is 18.9 Å². The van der Waals surface area contributed by atoms with Crippen molar-refractivity contribution in [1.29, 1.82) is 0 Å². The minimum absolute atomic E-state index is 0.00894. The van der Waals surface area contributed by atoms with Gasteiger partial charge in [-0.3, -0.25) is 14.6 Å². The number of ether oxygens (including phenoxy) is 5. The number of anilines is 2. The summed E-state index contributed by atoms with van der Waals surface area (Å²) >= 11 is 0. The van der Waals surface area contributed by atoms with Crippen LogP contribution in [0.1, 0.15) is 81.1 Å². The zero-order chi connectivity index (χ0) is 51.0. The minimum Gasteiger partial charge on any atom is -0.506 e. The van der Waals surface area contributed by atoms with Crippen molar-refractivity contribution in [3.05, 3.63) is 107 Å². The highest BCUT2D eigenvalue weighted by Crippen LogP contribution is 2.53. The minimum atomic E-state index is -4.63. The van der Waals surface area contributed by atoms with Gasteiger partial charge in [0, 0.05) is 101 Å². The number of fused-ring (bicyclic) bond motifs is 2. The van der Waals surface area contributed by atoms with Gasteiger partial charge in [0.15, 0.2) is 11.5 Å². The lowest BCUT2D eigenvalue weighted by Crippen LogP contribution is -2.63. The quantitative estimate of drug-likeness (QED) is 0.0730. The molecular weight excluding hydrogens is 959 g/mol. The number of aromatic nitrogens is 2. The van der Waals surface area contributed by atoms with Crippen molar-refractivity contribution in [3.8, 4) is 34.5 Å². The Kier molecular flexibility index (Phi) is 14.3. The van der Waals surface area contributed by atoms with Gasteiger partial charge in [-0.25, -0.2) is 18.1 Å². The number of piperidine rings is 1. The van der Waals surface area contributed by atoms with Crippen molar-refractivity contribution in [1.82, 2.24) is 24.5 Å². The number of pyridine rings is 1. The average Bonchev–Trinajstić information content (AvgIpc) is 3.89. The van der Waals surface area contributed by atoms with E-state index in [9.17, 15) is 18.3 Å². The van der Waals surface area contributed by atoms with E-state index in [0.717, 1.165) is 101 Å². The summed E-state index contributed by atoms with van der Waals surface area (Å²) in [4.78, 5) is 29.3. The van der Waals surface area contributed by atoms with Crippen LogP contribution in [0.25, 0.3) is 11.0 Å². The second-order valence-electron chi connectivity index (χ2n) is 21.3. The molecule has 0 bridgehead atoms. The maximum absolute atomic E-state index is 14.3. The molecule has 6 aliphatic rings. The SMILES string of the molecule is COc1ccc(CN2CCN(C3CC4(CCN(c5ccc(C(=O)NS(=O)(=O)c6cc(O)c(NCC7CCOCC7)c7c6OCCO7)c(Oc6cnc7[nH]ccc7c6)c5)CC4)C3)[C@H](C3=C(C(C)C)C=CCC3)C2)cc1. The number of phenols is 1. The maximum Gasteiger partial charge on any atom is 0.268 e. The number of phenolic OH excluding ortho intramolecular Hbond substituents is 1.